The fraction of sp³-hybridized carbons (Fsp3) is 0.0476. The number of rotatable bonds is 5. The molecule has 4 heterocycles. The average Bonchev–Trinajstić information content (AvgIpc) is 3.42. The summed E-state index contributed by atoms with van der Waals surface area (Å²) in [5.74, 6) is 1.99. The van der Waals surface area contributed by atoms with E-state index in [4.69, 9.17) is 14.9 Å². The highest BCUT2D eigenvalue weighted by atomic mass is 16.5. The molecule has 0 saturated heterocycles. The quantitative estimate of drug-likeness (QED) is 0.493. The van der Waals surface area contributed by atoms with Crippen LogP contribution in [0, 0.1) is 0 Å². The van der Waals surface area contributed by atoms with Gasteiger partial charge in [-0.1, -0.05) is 30.3 Å². The molecule has 0 spiro atoms. The predicted octanol–water partition coefficient (Wildman–Crippen LogP) is 3.61. The summed E-state index contributed by atoms with van der Waals surface area (Å²) in [6.07, 6.45) is 3.42. The van der Waals surface area contributed by atoms with Crippen LogP contribution in [0.2, 0.25) is 0 Å². The van der Waals surface area contributed by atoms with E-state index in [9.17, 15) is 0 Å². The number of hydrogen-bond donors (Lipinski definition) is 1. The van der Waals surface area contributed by atoms with Crippen molar-refractivity contribution in [1.82, 2.24) is 24.6 Å². The van der Waals surface area contributed by atoms with Crippen molar-refractivity contribution in [3.05, 3.63) is 78.7 Å². The Morgan fingerprint density at radius 3 is 2.62 bits per heavy atom. The third-order valence-corrected chi connectivity index (χ3v) is 4.38. The Morgan fingerprint density at radius 1 is 0.931 bits per heavy atom. The summed E-state index contributed by atoms with van der Waals surface area (Å²) >= 11 is 0. The third-order valence-electron chi connectivity index (χ3n) is 4.38. The molecule has 5 aromatic rings. The van der Waals surface area contributed by atoms with Crippen LogP contribution in [-0.4, -0.2) is 24.6 Å². The Kier molecular flexibility index (Phi) is 4.14. The first-order valence-electron chi connectivity index (χ1n) is 8.96. The van der Waals surface area contributed by atoms with Crippen LogP contribution in [0.15, 0.2) is 77.5 Å². The predicted molar refractivity (Wildman–Crippen MR) is 107 cm³/mol. The molecule has 8 heteroatoms. The molecule has 0 atom stereocenters. The molecule has 0 amide bonds. The highest BCUT2D eigenvalue weighted by Crippen LogP contribution is 2.25. The summed E-state index contributed by atoms with van der Waals surface area (Å²) in [7, 11) is 0. The van der Waals surface area contributed by atoms with E-state index >= 15 is 0 Å². The van der Waals surface area contributed by atoms with Crippen LogP contribution in [0.5, 0.6) is 5.75 Å². The van der Waals surface area contributed by atoms with Gasteiger partial charge in [0.2, 0.25) is 5.95 Å². The first kappa shape index (κ1) is 16.9. The van der Waals surface area contributed by atoms with Crippen LogP contribution in [-0.2, 0) is 6.61 Å². The van der Waals surface area contributed by atoms with Gasteiger partial charge in [-0.15, -0.1) is 10.2 Å². The molecule has 142 valence electrons. The molecule has 4 aromatic heterocycles. The second kappa shape index (κ2) is 7.08. The number of nitrogens with zero attached hydrogens (tertiary/aromatic N) is 5. The van der Waals surface area contributed by atoms with E-state index in [0.717, 1.165) is 5.56 Å². The zero-order valence-corrected chi connectivity index (χ0v) is 15.3. The average molecular weight is 384 g/mol. The smallest absolute Gasteiger partial charge is 0.221 e. The molecule has 2 N–H and O–H groups in total. The van der Waals surface area contributed by atoms with E-state index < -0.39 is 0 Å². The minimum atomic E-state index is 0.133. The zero-order chi connectivity index (χ0) is 19.6. The molecule has 0 aliphatic carbocycles. The van der Waals surface area contributed by atoms with Crippen molar-refractivity contribution < 1.29 is 9.15 Å². The largest absolute Gasteiger partial charge is 0.489 e. The Hall–Kier alpha value is -4.20. The summed E-state index contributed by atoms with van der Waals surface area (Å²) < 4.78 is 13.1. The van der Waals surface area contributed by atoms with Gasteiger partial charge in [0.25, 0.3) is 0 Å². The lowest BCUT2D eigenvalue weighted by molar-refractivity contribution is 0.306. The zero-order valence-electron chi connectivity index (χ0n) is 15.3. The summed E-state index contributed by atoms with van der Waals surface area (Å²) in [6, 6.07) is 19.0. The van der Waals surface area contributed by atoms with Gasteiger partial charge in [-0.05, 0) is 29.8 Å². The molecule has 0 aliphatic heterocycles. The van der Waals surface area contributed by atoms with Gasteiger partial charge in [0, 0.05) is 12.3 Å². The summed E-state index contributed by atoms with van der Waals surface area (Å²) in [6.45, 7) is 0.479. The SMILES string of the molecule is Nc1nc(-c2ccco2)cc(-c2nnc3cc(OCc4ccccc4)ccn23)n1. The van der Waals surface area contributed by atoms with E-state index in [-0.39, 0.29) is 5.95 Å². The maximum Gasteiger partial charge on any atom is 0.221 e. The molecular weight excluding hydrogens is 368 g/mol. The summed E-state index contributed by atoms with van der Waals surface area (Å²) in [4.78, 5) is 8.53. The van der Waals surface area contributed by atoms with Gasteiger partial charge in [-0.3, -0.25) is 4.40 Å². The minimum Gasteiger partial charge on any atom is -0.489 e. The number of anilines is 1. The van der Waals surface area contributed by atoms with Gasteiger partial charge in [0.1, 0.15) is 23.7 Å². The van der Waals surface area contributed by atoms with E-state index in [2.05, 4.69) is 20.2 Å². The van der Waals surface area contributed by atoms with Crippen molar-refractivity contribution >= 4 is 11.6 Å². The Balaban J connectivity index is 1.46. The van der Waals surface area contributed by atoms with E-state index in [1.165, 1.54) is 0 Å². The Bertz CT molecular complexity index is 1270. The van der Waals surface area contributed by atoms with Crippen LogP contribution in [0.25, 0.3) is 28.6 Å². The molecule has 0 aliphatic rings. The lowest BCUT2D eigenvalue weighted by Gasteiger charge is -2.07. The molecule has 0 fully saturated rings. The van der Waals surface area contributed by atoms with Crippen molar-refractivity contribution in [3.8, 4) is 28.7 Å². The molecule has 8 nitrogen and oxygen atoms in total. The summed E-state index contributed by atoms with van der Waals surface area (Å²) in [5.41, 5.74) is 8.76. The van der Waals surface area contributed by atoms with Crippen molar-refractivity contribution in [2.45, 2.75) is 6.61 Å². The standard InChI is InChI=1S/C21H16N6O2/c22-21-23-16(18-7-4-10-28-18)12-17(24-21)20-26-25-19-11-15(8-9-27(19)20)29-13-14-5-2-1-3-6-14/h1-12H,13H2,(H2,22,23,24). The second-order valence-corrected chi connectivity index (χ2v) is 6.36. The number of hydrogen-bond acceptors (Lipinski definition) is 7. The van der Waals surface area contributed by atoms with Crippen molar-refractivity contribution in [3.63, 3.8) is 0 Å². The topological polar surface area (TPSA) is 104 Å². The Labute approximate surface area is 165 Å². The monoisotopic (exact) mass is 384 g/mol. The van der Waals surface area contributed by atoms with Gasteiger partial charge in [-0.25, -0.2) is 9.97 Å². The number of nitrogens with two attached hydrogens (primary N) is 1. The van der Waals surface area contributed by atoms with E-state index in [1.54, 1.807) is 18.4 Å². The first-order valence-corrected chi connectivity index (χ1v) is 8.96. The fourth-order valence-electron chi connectivity index (χ4n) is 3.01. The maximum absolute atomic E-state index is 5.89. The second-order valence-electron chi connectivity index (χ2n) is 6.36. The van der Waals surface area contributed by atoms with Crippen LogP contribution in [0.1, 0.15) is 5.56 Å². The maximum atomic E-state index is 5.89. The third kappa shape index (κ3) is 3.39. The van der Waals surface area contributed by atoms with Crippen LogP contribution < -0.4 is 10.5 Å². The number of furan rings is 1. The van der Waals surface area contributed by atoms with Gasteiger partial charge >= 0.3 is 0 Å². The van der Waals surface area contributed by atoms with Crippen molar-refractivity contribution in [1.29, 1.82) is 0 Å². The highest BCUT2D eigenvalue weighted by molar-refractivity contribution is 5.64. The van der Waals surface area contributed by atoms with Crippen LogP contribution in [0.4, 0.5) is 5.95 Å². The lowest BCUT2D eigenvalue weighted by atomic mass is 10.2. The molecule has 1 aromatic carbocycles. The van der Waals surface area contributed by atoms with Gasteiger partial charge in [0.05, 0.1) is 6.26 Å². The van der Waals surface area contributed by atoms with Crippen LogP contribution >= 0.6 is 0 Å². The fourth-order valence-corrected chi connectivity index (χ4v) is 3.01. The van der Waals surface area contributed by atoms with E-state index in [0.29, 0.717) is 41.0 Å². The van der Waals surface area contributed by atoms with Gasteiger partial charge in [-0.2, -0.15) is 0 Å². The van der Waals surface area contributed by atoms with Crippen molar-refractivity contribution in [2.24, 2.45) is 0 Å². The van der Waals surface area contributed by atoms with Gasteiger partial charge < -0.3 is 14.9 Å². The Morgan fingerprint density at radius 2 is 1.79 bits per heavy atom. The normalized spacial score (nSPS) is 11.0. The number of ether oxygens (including phenoxy) is 1. The van der Waals surface area contributed by atoms with Crippen LogP contribution in [0.3, 0.4) is 0 Å². The van der Waals surface area contributed by atoms with Crippen molar-refractivity contribution in [2.75, 3.05) is 5.73 Å². The molecule has 0 radical (unpaired) electrons. The minimum absolute atomic E-state index is 0.133. The molecular formula is C21H16N6O2. The number of benzene rings is 1. The lowest BCUT2D eigenvalue weighted by Crippen LogP contribution is -2.00. The molecule has 5 rings (SSSR count). The molecule has 29 heavy (non-hydrogen) atoms. The van der Waals surface area contributed by atoms with Gasteiger partial charge in [0.15, 0.2) is 17.2 Å². The number of fused-ring (bicyclic) bond motifs is 1. The number of pyridine rings is 1. The molecule has 0 bridgehead atoms. The van der Waals surface area contributed by atoms with E-state index in [1.807, 2.05) is 59.1 Å². The molecule has 0 saturated carbocycles. The first-order chi connectivity index (χ1) is 14.3. The number of nitrogen functional groups attached to an aromatic ring is 1. The highest BCUT2D eigenvalue weighted by Gasteiger charge is 2.14. The number of aromatic nitrogens is 5. The summed E-state index contributed by atoms with van der Waals surface area (Å²) in [5, 5.41) is 8.51. The molecule has 0 unspecified atom stereocenters.